The van der Waals surface area contributed by atoms with Crippen molar-refractivity contribution < 1.29 is 0 Å². The van der Waals surface area contributed by atoms with Crippen LogP contribution in [-0.2, 0) is 0 Å². The Morgan fingerprint density at radius 2 is 1.94 bits per heavy atom. The van der Waals surface area contributed by atoms with E-state index >= 15 is 0 Å². The summed E-state index contributed by atoms with van der Waals surface area (Å²) in [5.74, 6) is 0. The Hall–Kier alpha value is -1.08. The topological polar surface area (TPSA) is 0 Å². The van der Waals surface area contributed by atoms with Gasteiger partial charge in [0.05, 0.1) is 0 Å². The van der Waals surface area contributed by atoms with Crippen molar-refractivity contribution in [2.24, 2.45) is 5.41 Å². The zero-order valence-electron chi connectivity index (χ0n) is 11.8. The van der Waals surface area contributed by atoms with Gasteiger partial charge in [0, 0.05) is 0 Å². The Morgan fingerprint density at radius 3 is 2.56 bits per heavy atom. The van der Waals surface area contributed by atoms with E-state index in [0.717, 1.165) is 6.42 Å². The molecule has 0 amide bonds. The van der Waals surface area contributed by atoms with Crippen molar-refractivity contribution in [2.45, 2.75) is 40.5 Å². The van der Waals surface area contributed by atoms with Crippen molar-refractivity contribution in [2.75, 3.05) is 0 Å². The monoisotopic (exact) mass is 258 g/mol. The number of hydrogen-bond acceptors (Lipinski definition) is 1. The minimum absolute atomic E-state index is 0.234. The maximum atomic E-state index is 2.36. The molecule has 0 radical (unpaired) electrons. The van der Waals surface area contributed by atoms with Crippen molar-refractivity contribution in [1.29, 1.82) is 0 Å². The van der Waals surface area contributed by atoms with Gasteiger partial charge in [-0.1, -0.05) is 44.6 Å². The molecule has 1 aromatic heterocycles. The molecule has 0 atom stereocenters. The average molecular weight is 258 g/mol. The zero-order valence-corrected chi connectivity index (χ0v) is 12.6. The van der Waals surface area contributed by atoms with Crippen LogP contribution in [-0.4, -0.2) is 0 Å². The van der Waals surface area contributed by atoms with E-state index in [4.69, 9.17) is 0 Å². The van der Waals surface area contributed by atoms with Gasteiger partial charge in [-0.25, -0.2) is 0 Å². The molecule has 1 aliphatic rings. The molecule has 0 N–H and O–H groups in total. The van der Waals surface area contributed by atoms with Gasteiger partial charge in [0.2, 0.25) is 0 Å². The number of thiophene rings is 1. The standard InChI is InChI=1S/C17H22S/c1-13-6-5-7-14(15-10-11-18-12-15)8-9-16(13)17(2,3)4/h7-12H,5-6H2,1-4H3. The maximum Gasteiger partial charge on any atom is -0.00148 e. The third kappa shape index (κ3) is 3.02. The molecule has 1 aliphatic carbocycles. The van der Waals surface area contributed by atoms with Crippen LogP contribution < -0.4 is 0 Å². The van der Waals surface area contributed by atoms with Crippen molar-refractivity contribution in [1.82, 2.24) is 0 Å². The first kappa shape index (κ1) is 13.4. The van der Waals surface area contributed by atoms with E-state index in [2.05, 4.69) is 62.7 Å². The molecule has 1 aromatic rings. The Labute approximate surface area is 115 Å². The maximum absolute atomic E-state index is 2.36. The molecule has 0 fully saturated rings. The first-order valence-electron chi connectivity index (χ1n) is 6.59. The second-order valence-electron chi connectivity index (χ2n) is 5.99. The lowest BCUT2D eigenvalue weighted by molar-refractivity contribution is 0.509. The summed E-state index contributed by atoms with van der Waals surface area (Å²) in [5.41, 5.74) is 5.97. The van der Waals surface area contributed by atoms with Crippen LogP contribution >= 0.6 is 11.3 Å². The van der Waals surface area contributed by atoms with Gasteiger partial charge in [-0.2, -0.15) is 11.3 Å². The van der Waals surface area contributed by atoms with Gasteiger partial charge in [0.25, 0.3) is 0 Å². The Kier molecular flexibility index (Phi) is 3.91. The molecule has 1 heterocycles. The summed E-state index contributed by atoms with van der Waals surface area (Å²) >= 11 is 1.77. The summed E-state index contributed by atoms with van der Waals surface area (Å²) in [6.07, 6.45) is 9.27. The first-order valence-corrected chi connectivity index (χ1v) is 7.54. The Balaban J connectivity index is 2.35. The molecule has 0 nitrogen and oxygen atoms in total. The van der Waals surface area contributed by atoms with E-state index < -0.39 is 0 Å². The number of rotatable bonds is 1. The predicted octanol–water partition coefficient (Wildman–Crippen LogP) is 5.84. The van der Waals surface area contributed by atoms with E-state index in [1.54, 1.807) is 11.3 Å². The predicted molar refractivity (Wildman–Crippen MR) is 82.8 cm³/mol. The Bertz CT molecular complexity index is 490. The molecule has 0 aromatic carbocycles. The molecule has 1 heteroatoms. The van der Waals surface area contributed by atoms with Crippen molar-refractivity contribution >= 4 is 16.9 Å². The molecule has 0 bridgehead atoms. The van der Waals surface area contributed by atoms with Crippen LogP contribution in [0.15, 0.2) is 46.2 Å². The fourth-order valence-corrected chi connectivity index (χ4v) is 3.16. The van der Waals surface area contributed by atoms with Gasteiger partial charge in [0.1, 0.15) is 0 Å². The van der Waals surface area contributed by atoms with Crippen LogP contribution in [0.5, 0.6) is 0 Å². The second-order valence-corrected chi connectivity index (χ2v) is 6.77. The minimum Gasteiger partial charge on any atom is -0.152 e. The van der Waals surface area contributed by atoms with Crippen LogP contribution in [0.4, 0.5) is 0 Å². The van der Waals surface area contributed by atoms with Gasteiger partial charge >= 0.3 is 0 Å². The quantitative estimate of drug-likeness (QED) is 0.593. The van der Waals surface area contributed by atoms with Crippen molar-refractivity contribution in [3.05, 3.63) is 51.8 Å². The molecule has 0 saturated heterocycles. The first-order chi connectivity index (χ1) is 8.48. The fraction of sp³-hybridized carbons (Fsp3) is 0.412. The third-order valence-corrected chi connectivity index (χ3v) is 4.12. The summed E-state index contributed by atoms with van der Waals surface area (Å²) < 4.78 is 0. The molecular formula is C17H22S. The molecule has 0 spiro atoms. The highest BCUT2D eigenvalue weighted by Crippen LogP contribution is 2.33. The van der Waals surface area contributed by atoms with E-state index in [0.29, 0.717) is 0 Å². The highest BCUT2D eigenvalue weighted by Gasteiger charge is 2.18. The van der Waals surface area contributed by atoms with Gasteiger partial charge in [-0.3, -0.25) is 0 Å². The van der Waals surface area contributed by atoms with E-state index in [-0.39, 0.29) is 5.41 Å². The highest BCUT2D eigenvalue weighted by molar-refractivity contribution is 7.08. The second kappa shape index (κ2) is 5.27. The summed E-state index contributed by atoms with van der Waals surface area (Å²) in [4.78, 5) is 0. The zero-order chi connectivity index (χ0) is 13.2. The van der Waals surface area contributed by atoms with Crippen molar-refractivity contribution in [3.8, 4) is 0 Å². The smallest absolute Gasteiger partial charge is 0.00148 e. The largest absolute Gasteiger partial charge is 0.152 e. The third-order valence-electron chi connectivity index (χ3n) is 3.44. The summed E-state index contributed by atoms with van der Waals surface area (Å²) in [7, 11) is 0. The number of hydrogen-bond donors (Lipinski definition) is 0. The highest BCUT2D eigenvalue weighted by atomic mass is 32.1. The van der Waals surface area contributed by atoms with Gasteiger partial charge in [-0.15, -0.1) is 0 Å². The molecular weight excluding hydrogens is 236 g/mol. The summed E-state index contributed by atoms with van der Waals surface area (Å²) in [6, 6.07) is 2.20. The molecule has 0 unspecified atom stereocenters. The van der Waals surface area contributed by atoms with Crippen LogP contribution in [0.2, 0.25) is 0 Å². The van der Waals surface area contributed by atoms with E-state index in [1.165, 1.54) is 28.7 Å². The fourth-order valence-electron chi connectivity index (χ4n) is 2.50. The van der Waals surface area contributed by atoms with Gasteiger partial charge < -0.3 is 0 Å². The molecule has 96 valence electrons. The van der Waals surface area contributed by atoms with Gasteiger partial charge in [0.15, 0.2) is 0 Å². The SMILES string of the molecule is CC1=C(C(C)(C)C)C=CC(c2ccsc2)=CCC1. The number of allylic oxidation sites excluding steroid dienone is 6. The molecule has 18 heavy (non-hydrogen) atoms. The molecule has 0 aliphatic heterocycles. The van der Waals surface area contributed by atoms with Gasteiger partial charge in [-0.05, 0) is 58.7 Å². The van der Waals surface area contributed by atoms with Crippen LogP contribution in [0.1, 0.15) is 46.1 Å². The average Bonchev–Trinajstić information content (AvgIpc) is 2.74. The van der Waals surface area contributed by atoms with E-state index in [9.17, 15) is 0 Å². The normalized spacial score (nSPS) is 17.4. The van der Waals surface area contributed by atoms with E-state index in [1.807, 2.05) is 0 Å². The van der Waals surface area contributed by atoms with Crippen LogP contribution in [0, 0.1) is 5.41 Å². The van der Waals surface area contributed by atoms with Crippen LogP contribution in [0.3, 0.4) is 0 Å². The van der Waals surface area contributed by atoms with Crippen LogP contribution in [0.25, 0.3) is 5.57 Å². The Morgan fingerprint density at radius 1 is 1.17 bits per heavy atom. The molecule has 0 saturated carbocycles. The van der Waals surface area contributed by atoms with Crippen molar-refractivity contribution in [3.63, 3.8) is 0 Å². The lowest BCUT2D eigenvalue weighted by Gasteiger charge is -2.24. The molecule has 2 rings (SSSR count). The minimum atomic E-state index is 0.234. The lowest BCUT2D eigenvalue weighted by Crippen LogP contribution is -2.10. The lowest BCUT2D eigenvalue weighted by atomic mass is 9.81. The summed E-state index contributed by atoms with van der Waals surface area (Å²) in [6.45, 7) is 9.16. The summed E-state index contributed by atoms with van der Waals surface area (Å²) in [5, 5.41) is 4.37.